The first kappa shape index (κ1) is 11.5. The molecule has 0 radical (unpaired) electrons. The second-order valence-corrected chi connectivity index (χ2v) is 4.26. The molecule has 0 aliphatic carbocycles. The van der Waals surface area contributed by atoms with Gasteiger partial charge in [0.15, 0.2) is 0 Å². The van der Waals surface area contributed by atoms with E-state index in [9.17, 15) is 0 Å². The van der Waals surface area contributed by atoms with Crippen LogP contribution >= 0.6 is 11.6 Å². The van der Waals surface area contributed by atoms with E-state index in [1.807, 2.05) is 12.1 Å². The van der Waals surface area contributed by atoms with E-state index in [0.717, 1.165) is 17.9 Å². The zero-order valence-electron chi connectivity index (χ0n) is 8.76. The lowest BCUT2D eigenvalue weighted by Gasteiger charge is -2.12. The van der Waals surface area contributed by atoms with Crippen molar-refractivity contribution in [2.24, 2.45) is 0 Å². The molecule has 78 valence electrons. The van der Waals surface area contributed by atoms with Crippen LogP contribution in [0.25, 0.3) is 0 Å². The highest BCUT2D eigenvalue weighted by atomic mass is 35.5. The van der Waals surface area contributed by atoms with Gasteiger partial charge in [0.1, 0.15) is 0 Å². The number of benzene rings is 1. The maximum Gasteiger partial charge on any atom is 0.0434 e. The van der Waals surface area contributed by atoms with E-state index in [4.69, 9.17) is 16.7 Å². The average Bonchev–Trinajstić information content (AvgIpc) is 2.14. The lowest BCUT2D eigenvalue weighted by atomic mass is 9.95. The van der Waals surface area contributed by atoms with Crippen LogP contribution in [0.5, 0.6) is 0 Å². The van der Waals surface area contributed by atoms with Gasteiger partial charge in [-0.3, -0.25) is 0 Å². The molecule has 14 heavy (non-hydrogen) atoms. The zero-order valence-corrected chi connectivity index (χ0v) is 9.51. The number of hydrogen-bond acceptors (Lipinski definition) is 1. The molecule has 0 amide bonds. The number of aliphatic hydroxyl groups is 1. The zero-order chi connectivity index (χ0) is 10.6. The summed E-state index contributed by atoms with van der Waals surface area (Å²) in [5.74, 6) is 0.515. The van der Waals surface area contributed by atoms with E-state index in [0.29, 0.717) is 5.92 Å². The standard InChI is InChI=1S/C12H17ClO/c1-9(2)12-6-5-11(13)8-10(12)4-3-7-14/h5-6,8-9,14H,3-4,7H2,1-2H3. The fourth-order valence-electron chi connectivity index (χ4n) is 1.62. The van der Waals surface area contributed by atoms with Crippen molar-refractivity contribution in [1.82, 2.24) is 0 Å². The number of halogens is 1. The van der Waals surface area contributed by atoms with Crippen LogP contribution in [0.15, 0.2) is 18.2 Å². The van der Waals surface area contributed by atoms with Gasteiger partial charge in [-0.15, -0.1) is 0 Å². The van der Waals surface area contributed by atoms with Gasteiger partial charge in [-0.2, -0.15) is 0 Å². The summed E-state index contributed by atoms with van der Waals surface area (Å²) in [5, 5.41) is 9.57. The molecular formula is C12H17ClO. The lowest BCUT2D eigenvalue weighted by molar-refractivity contribution is 0.288. The van der Waals surface area contributed by atoms with Crippen LogP contribution in [0.4, 0.5) is 0 Å². The summed E-state index contributed by atoms with van der Waals surface area (Å²) in [5.41, 5.74) is 2.60. The van der Waals surface area contributed by atoms with Crippen molar-refractivity contribution in [2.45, 2.75) is 32.6 Å². The smallest absolute Gasteiger partial charge is 0.0434 e. The molecule has 0 aliphatic rings. The molecule has 0 unspecified atom stereocenters. The van der Waals surface area contributed by atoms with Gasteiger partial charge in [-0.05, 0) is 42.0 Å². The van der Waals surface area contributed by atoms with Crippen molar-refractivity contribution < 1.29 is 5.11 Å². The largest absolute Gasteiger partial charge is 0.396 e. The summed E-state index contributed by atoms with van der Waals surface area (Å²) >= 11 is 5.94. The Bertz CT molecular complexity index is 294. The van der Waals surface area contributed by atoms with Crippen LogP contribution in [0.3, 0.4) is 0 Å². The molecule has 1 rings (SSSR count). The Morgan fingerprint density at radius 2 is 2.07 bits per heavy atom. The van der Waals surface area contributed by atoms with Crippen LogP contribution in [0.2, 0.25) is 5.02 Å². The van der Waals surface area contributed by atoms with Gasteiger partial charge in [0, 0.05) is 11.6 Å². The highest BCUT2D eigenvalue weighted by Crippen LogP contribution is 2.24. The van der Waals surface area contributed by atoms with E-state index >= 15 is 0 Å². The summed E-state index contributed by atoms with van der Waals surface area (Å²) in [6.07, 6.45) is 1.71. The van der Waals surface area contributed by atoms with E-state index in [1.165, 1.54) is 11.1 Å². The van der Waals surface area contributed by atoms with Crippen LogP contribution in [0.1, 0.15) is 37.3 Å². The number of rotatable bonds is 4. The molecule has 0 fully saturated rings. The van der Waals surface area contributed by atoms with E-state index in [2.05, 4.69) is 19.9 Å². The Balaban J connectivity index is 2.91. The lowest BCUT2D eigenvalue weighted by Crippen LogP contribution is -1.98. The minimum atomic E-state index is 0.240. The third kappa shape index (κ3) is 3.00. The van der Waals surface area contributed by atoms with Crippen molar-refractivity contribution in [1.29, 1.82) is 0 Å². The SMILES string of the molecule is CC(C)c1ccc(Cl)cc1CCCO. The molecule has 0 saturated heterocycles. The first-order valence-electron chi connectivity index (χ1n) is 5.04. The Kier molecular flexibility index (Phi) is 4.43. The average molecular weight is 213 g/mol. The highest BCUT2D eigenvalue weighted by Gasteiger charge is 2.06. The van der Waals surface area contributed by atoms with Crippen molar-refractivity contribution in [3.05, 3.63) is 34.3 Å². The molecule has 1 aromatic carbocycles. The minimum absolute atomic E-state index is 0.240. The van der Waals surface area contributed by atoms with Gasteiger partial charge in [0.2, 0.25) is 0 Å². The molecule has 0 bridgehead atoms. The first-order valence-corrected chi connectivity index (χ1v) is 5.42. The number of hydrogen-bond donors (Lipinski definition) is 1. The topological polar surface area (TPSA) is 20.2 Å². The summed E-state index contributed by atoms with van der Waals surface area (Å²) in [6.45, 7) is 4.58. The van der Waals surface area contributed by atoms with Gasteiger partial charge >= 0.3 is 0 Å². The summed E-state index contributed by atoms with van der Waals surface area (Å²) in [7, 11) is 0. The first-order chi connectivity index (χ1) is 6.65. The fourth-order valence-corrected chi connectivity index (χ4v) is 1.82. The van der Waals surface area contributed by atoms with Gasteiger partial charge in [0.05, 0.1) is 0 Å². The third-order valence-electron chi connectivity index (χ3n) is 2.33. The molecule has 0 atom stereocenters. The minimum Gasteiger partial charge on any atom is -0.396 e. The fraction of sp³-hybridized carbons (Fsp3) is 0.500. The molecule has 1 nitrogen and oxygen atoms in total. The van der Waals surface area contributed by atoms with Gasteiger partial charge in [0.25, 0.3) is 0 Å². The van der Waals surface area contributed by atoms with E-state index < -0.39 is 0 Å². The molecule has 1 aromatic rings. The second-order valence-electron chi connectivity index (χ2n) is 3.82. The van der Waals surface area contributed by atoms with Gasteiger partial charge in [-0.25, -0.2) is 0 Å². The van der Waals surface area contributed by atoms with E-state index in [1.54, 1.807) is 0 Å². The van der Waals surface area contributed by atoms with Crippen LogP contribution < -0.4 is 0 Å². The van der Waals surface area contributed by atoms with Crippen molar-refractivity contribution >= 4 is 11.6 Å². The Morgan fingerprint density at radius 3 is 2.64 bits per heavy atom. The van der Waals surface area contributed by atoms with E-state index in [-0.39, 0.29) is 6.61 Å². The highest BCUT2D eigenvalue weighted by molar-refractivity contribution is 6.30. The van der Waals surface area contributed by atoms with Crippen LogP contribution in [-0.2, 0) is 6.42 Å². The van der Waals surface area contributed by atoms with Crippen molar-refractivity contribution in [2.75, 3.05) is 6.61 Å². The molecule has 0 saturated carbocycles. The Hall–Kier alpha value is -0.530. The molecule has 0 spiro atoms. The predicted octanol–water partition coefficient (Wildman–Crippen LogP) is 3.39. The second kappa shape index (κ2) is 5.38. The third-order valence-corrected chi connectivity index (χ3v) is 2.57. The number of aryl methyl sites for hydroxylation is 1. The normalized spacial score (nSPS) is 10.9. The molecule has 0 aromatic heterocycles. The maximum absolute atomic E-state index is 8.79. The summed E-state index contributed by atoms with van der Waals surface area (Å²) in [4.78, 5) is 0. The Morgan fingerprint density at radius 1 is 1.36 bits per heavy atom. The predicted molar refractivity (Wildman–Crippen MR) is 60.9 cm³/mol. The molecule has 2 heteroatoms. The molecule has 0 aliphatic heterocycles. The van der Waals surface area contributed by atoms with Crippen molar-refractivity contribution in [3.8, 4) is 0 Å². The van der Waals surface area contributed by atoms with Gasteiger partial charge < -0.3 is 5.11 Å². The summed E-state index contributed by atoms with van der Waals surface area (Å²) < 4.78 is 0. The molecule has 1 N–H and O–H groups in total. The van der Waals surface area contributed by atoms with Crippen LogP contribution in [0, 0.1) is 0 Å². The quantitative estimate of drug-likeness (QED) is 0.811. The molecule has 0 heterocycles. The monoisotopic (exact) mass is 212 g/mol. The molecular weight excluding hydrogens is 196 g/mol. The van der Waals surface area contributed by atoms with Crippen LogP contribution in [-0.4, -0.2) is 11.7 Å². The number of aliphatic hydroxyl groups excluding tert-OH is 1. The van der Waals surface area contributed by atoms with Crippen molar-refractivity contribution in [3.63, 3.8) is 0 Å². The Labute approximate surface area is 90.7 Å². The summed E-state index contributed by atoms with van der Waals surface area (Å²) in [6, 6.07) is 6.02. The maximum atomic E-state index is 8.79. The van der Waals surface area contributed by atoms with Gasteiger partial charge in [-0.1, -0.05) is 31.5 Å².